The average Bonchev–Trinajstić information content (AvgIpc) is 3.53. The molecule has 0 spiro atoms. The highest BCUT2D eigenvalue weighted by atomic mass is 19.1. The fraction of sp³-hybridized carbons (Fsp3) is 0.303. The number of hydrazone groups is 1. The molecule has 40 heavy (non-hydrogen) atoms. The van der Waals surface area contributed by atoms with Crippen LogP contribution in [0.2, 0.25) is 0 Å². The third-order valence-electron chi connectivity index (χ3n) is 7.96. The number of allylic oxidation sites excluding steroid dienone is 1. The van der Waals surface area contributed by atoms with E-state index in [2.05, 4.69) is 6.92 Å². The summed E-state index contributed by atoms with van der Waals surface area (Å²) in [5, 5.41) is 6.59. The first-order valence-electron chi connectivity index (χ1n) is 14.1. The Kier molecular flexibility index (Phi) is 7.29. The van der Waals surface area contributed by atoms with E-state index in [0.29, 0.717) is 0 Å². The molecule has 1 aliphatic carbocycles. The van der Waals surface area contributed by atoms with Gasteiger partial charge in [0.15, 0.2) is 0 Å². The van der Waals surface area contributed by atoms with Crippen LogP contribution in [-0.2, 0) is 17.8 Å². The molecule has 2 atom stereocenters. The minimum Gasteiger partial charge on any atom is -0.318 e. The van der Waals surface area contributed by atoms with Crippen molar-refractivity contribution in [2.24, 2.45) is 11.0 Å². The molecule has 0 radical (unpaired) electrons. The maximum Gasteiger partial charge on any atom is 0.263 e. The number of aromatic nitrogens is 2. The molecule has 4 aromatic rings. The molecular formula is C33H32F2N4O. The zero-order valence-electron chi connectivity index (χ0n) is 22.6. The number of imidazole rings is 1. The first-order valence-corrected chi connectivity index (χ1v) is 14.1. The summed E-state index contributed by atoms with van der Waals surface area (Å²) in [7, 11) is 0. The Hall–Kier alpha value is -4.13. The molecule has 204 valence electrons. The van der Waals surface area contributed by atoms with E-state index < -0.39 is 0 Å². The summed E-state index contributed by atoms with van der Waals surface area (Å²) >= 11 is 0. The molecule has 1 aromatic heterocycles. The van der Waals surface area contributed by atoms with E-state index in [0.717, 1.165) is 77.8 Å². The molecule has 1 saturated carbocycles. The molecule has 7 heteroatoms. The fourth-order valence-electron chi connectivity index (χ4n) is 6.00. The van der Waals surface area contributed by atoms with Gasteiger partial charge in [-0.05, 0) is 84.9 Å². The monoisotopic (exact) mass is 538 g/mol. The molecule has 1 aliphatic heterocycles. The van der Waals surface area contributed by atoms with E-state index in [1.54, 1.807) is 29.3 Å². The van der Waals surface area contributed by atoms with Crippen LogP contribution in [-0.4, -0.2) is 26.2 Å². The fourth-order valence-corrected chi connectivity index (χ4v) is 6.00. The molecule has 2 unspecified atom stereocenters. The van der Waals surface area contributed by atoms with E-state index in [9.17, 15) is 13.6 Å². The molecule has 2 aliphatic rings. The Morgan fingerprint density at radius 2 is 1.73 bits per heavy atom. The van der Waals surface area contributed by atoms with Crippen LogP contribution in [0.4, 0.5) is 8.78 Å². The standard InChI is InChI=1S/C33H32F2N4O/c1-2-3-11-30-36-28-9-4-5-10-29(28)38(30)21-31(40)39-33(23-14-18-26(35)19-15-23)27-8-6-7-24(32(27)37-39)20-22-12-16-25(34)17-13-22/h4-5,9-10,12-20,27,33H,2-3,6-8,11,21H2,1H3/b24-20+. The number of hydrogen-bond acceptors (Lipinski definition) is 3. The maximum absolute atomic E-state index is 14.1. The lowest BCUT2D eigenvalue weighted by Gasteiger charge is -2.30. The van der Waals surface area contributed by atoms with Crippen LogP contribution in [0.3, 0.4) is 0 Å². The van der Waals surface area contributed by atoms with Gasteiger partial charge in [0.2, 0.25) is 0 Å². The number of unbranched alkanes of at least 4 members (excludes halogenated alkanes) is 1. The number of aryl methyl sites for hydroxylation is 1. The predicted octanol–water partition coefficient (Wildman–Crippen LogP) is 7.48. The summed E-state index contributed by atoms with van der Waals surface area (Å²) in [6, 6.07) is 20.4. The van der Waals surface area contributed by atoms with Crippen molar-refractivity contribution in [3.8, 4) is 0 Å². The van der Waals surface area contributed by atoms with Crippen LogP contribution < -0.4 is 0 Å². The van der Waals surface area contributed by atoms with Crippen LogP contribution in [0, 0.1) is 17.6 Å². The van der Waals surface area contributed by atoms with Crippen LogP contribution in [0.15, 0.2) is 83.5 Å². The molecule has 6 rings (SSSR count). The van der Waals surface area contributed by atoms with Crippen molar-refractivity contribution in [3.05, 3.63) is 107 Å². The summed E-state index contributed by atoms with van der Waals surface area (Å²) in [5.41, 5.74) is 5.52. The first-order chi connectivity index (χ1) is 19.5. The largest absolute Gasteiger partial charge is 0.318 e. The van der Waals surface area contributed by atoms with Gasteiger partial charge in [0, 0.05) is 12.3 Å². The van der Waals surface area contributed by atoms with Gasteiger partial charge in [-0.3, -0.25) is 4.79 Å². The number of para-hydroxylation sites is 2. The molecular weight excluding hydrogens is 506 g/mol. The summed E-state index contributed by atoms with van der Waals surface area (Å²) in [6.07, 6.45) is 7.52. The van der Waals surface area contributed by atoms with E-state index in [4.69, 9.17) is 10.1 Å². The first kappa shape index (κ1) is 26.1. The summed E-state index contributed by atoms with van der Waals surface area (Å²) < 4.78 is 29.4. The van der Waals surface area contributed by atoms with Crippen molar-refractivity contribution in [3.63, 3.8) is 0 Å². The molecule has 0 bridgehead atoms. The Labute approximate surface area is 232 Å². The molecule has 3 aromatic carbocycles. The van der Waals surface area contributed by atoms with E-state index in [-0.39, 0.29) is 36.0 Å². The Balaban J connectivity index is 1.39. The van der Waals surface area contributed by atoms with Gasteiger partial charge in [-0.2, -0.15) is 5.10 Å². The minimum atomic E-state index is -0.325. The molecule has 2 heterocycles. The third-order valence-corrected chi connectivity index (χ3v) is 7.96. The van der Waals surface area contributed by atoms with E-state index in [1.807, 2.05) is 34.9 Å². The highest BCUT2D eigenvalue weighted by Crippen LogP contribution is 2.44. The van der Waals surface area contributed by atoms with Gasteiger partial charge in [0.1, 0.15) is 24.0 Å². The number of benzene rings is 3. The summed E-state index contributed by atoms with van der Waals surface area (Å²) in [5.74, 6) is 0.176. The second-order valence-electron chi connectivity index (χ2n) is 10.6. The van der Waals surface area contributed by atoms with Crippen molar-refractivity contribution in [1.82, 2.24) is 14.6 Å². The number of rotatable bonds is 7. The summed E-state index contributed by atoms with van der Waals surface area (Å²) in [4.78, 5) is 18.9. The van der Waals surface area contributed by atoms with Crippen molar-refractivity contribution in [2.45, 2.75) is 58.0 Å². The SMILES string of the molecule is CCCCc1nc2ccccc2n1CC(=O)N1N=C2/C(=C/c3ccc(F)cc3)CCCC2C1c1ccc(F)cc1. The zero-order valence-corrected chi connectivity index (χ0v) is 22.6. The number of halogens is 2. The topological polar surface area (TPSA) is 50.5 Å². The van der Waals surface area contributed by atoms with E-state index in [1.165, 1.54) is 24.3 Å². The third kappa shape index (κ3) is 5.08. The minimum absolute atomic E-state index is 0.00560. The van der Waals surface area contributed by atoms with Crippen LogP contribution in [0.25, 0.3) is 17.1 Å². The van der Waals surface area contributed by atoms with Crippen LogP contribution in [0.1, 0.15) is 62.0 Å². The number of carbonyl (C=O) groups is 1. The second kappa shape index (κ2) is 11.2. The predicted molar refractivity (Wildman–Crippen MR) is 153 cm³/mol. The zero-order chi connectivity index (χ0) is 27.6. The lowest BCUT2D eigenvalue weighted by Crippen LogP contribution is -2.34. The van der Waals surface area contributed by atoms with Gasteiger partial charge >= 0.3 is 0 Å². The van der Waals surface area contributed by atoms with Crippen molar-refractivity contribution < 1.29 is 13.6 Å². The van der Waals surface area contributed by atoms with Gasteiger partial charge in [-0.25, -0.2) is 18.8 Å². The molecule has 0 N–H and O–H groups in total. The molecule has 1 amide bonds. The Morgan fingerprint density at radius 1 is 1.00 bits per heavy atom. The van der Waals surface area contributed by atoms with Crippen molar-refractivity contribution in [1.29, 1.82) is 0 Å². The second-order valence-corrected chi connectivity index (χ2v) is 10.6. The maximum atomic E-state index is 14.1. The van der Waals surface area contributed by atoms with Crippen molar-refractivity contribution in [2.75, 3.05) is 0 Å². The number of amides is 1. The Bertz CT molecular complexity index is 1590. The number of hydrogen-bond donors (Lipinski definition) is 0. The highest BCUT2D eigenvalue weighted by Gasteiger charge is 2.43. The summed E-state index contributed by atoms with van der Waals surface area (Å²) in [6.45, 7) is 2.27. The van der Waals surface area contributed by atoms with Gasteiger partial charge < -0.3 is 4.57 Å². The lowest BCUT2D eigenvalue weighted by atomic mass is 9.77. The number of nitrogens with zero attached hydrogens (tertiary/aromatic N) is 4. The highest BCUT2D eigenvalue weighted by molar-refractivity contribution is 6.08. The Morgan fingerprint density at radius 3 is 2.48 bits per heavy atom. The van der Waals surface area contributed by atoms with Crippen LogP contribution >= 0.6 is 0 Å². The number of fused-ring (bicyclic) bond motifs is 2. The number of carbonyl (C=O) groups excluding carboxylic acids is 1. The van der Waals surface area contributed by atoms with Crippen LogP contribution in [0.5, 0.6) is 0 Å². The lowest BCUT2D eigenvalue weighted by molar-refractivity contribution is -0.134. The van der Waals surface area contributed by atoms with E-state index >= 15 is 0 Å². The van der Waals surface area contributed by atoms with Crippen molar-refractivity contribution >= 4 is 28.7 Å². The van der Waals surface area contributed by atoms with Gasteiger partial charge in [-0.15, -0.1) is 0 Å². The quantitative estimate of drug-likeness (QED) is 0.245. The van der Waals surface area contributed by atoms with Gasteiger partial charge in [0.25, 0.3) is 5.91 Å². The van der Waals surface area contributed by atoms with Gasteiger partial charge in [0.05, 0.1) is 22.8 Å². The normalized spacial score (nSPS) is 19.7. The molecule has 5 nitrogen and oxygen atoms in total. The smallest absolute Gasteiger partial charge is 0.263 e. The van der Waals surface area contributed by atoms with Gasteiger partial charge in [-0.1, -0.05) is 49.7 Å². The molecule has 1 fully saturated rings. The molecule has 0 saturated heterocycles. The average molecular weight is 539 g/mol.